The van der Waals surface area contributed by atoms with Crippen molar-refractivity contribution in [3.05, 3.63) is 0 Å². The Labute approximate surface area is 110 Å². The number of carboxylic acid groups (broad SMARTS) is 1. The number of carbonyl (C=O) groups excluding carboxylic acids is 1. The van der Waals surface area contributed by atoms with Crippen LogP contribution in [0.2, 0.25) is 0 Å². The summed E-state index contributed by atoms with van der Waals surface area (Å²) in [7, 11) is 0. The van der Waals surface area contributed by atoms with E-state index in [-0.39, 0.29) is 0 Å². The van der Waals surface area contributed by atoms with E-state index in [1.54, 1.807) is 20.8 Å². The predicted molar refractivity (Wildman–Crippen MR) is 68.4 cm³/mol. The van der Waals surface area contributed by atoms with Gasteiger partial charge in [0, 0.05) is 5.33 Å². The second-order valence-corrected chi connectivity index (χ2v) is 5.51. The van der Waals surface area contributed by atoms with E-state index in [1.165, 1.54) is 0 Å². The van der Waals surface area contributed by atoms with Crippen molar-refractivity contribution in [2.45, 2.75) is 51.7 Å². The number of nitrogens with one attached hydrogen (secondary N) is 1. The SMILES string of the molecule is CC(C)(C)OC(=O)N[C@@H](CCCCBr)C(=O)O. The zero-order chi connectivity index (χ0) is 13.5. The van der Waals surface area contributed by atoms with Crippen LogP contribution in [0.1, 0.15) is 40.0 Å². The monoisotopic (exact) mass is 309 g/mol. The number of ether oxygens (including phenoxy) is 1. The number of carbonyl (C=O) groups is 2. The summed E-state index contributed by atoms with van der Waals surface area (Å²) < 4.78 is 5.00. The standard InChI is InChI=1S/C11H20BrNO4/c1-11(2,3)17-10(16)13-8(9(14)15)6-4-5-7-12/h8H,4-7H2,1-3H3,(H,13,16)(H,14,15)/t8-/m0/s1. The van der Waals surface area contributed by atoms with Gasteiger partial charge in [-0.3, -0.25) is 0 Å². The van der Waals surface area contributed by atoms with E-state index in [1.807, 2.05) is 0 Å². The topological polar surface area (TPSA) is 75.6 Å². The third-order valence-electron chi connectivity index (χ3n) is 1.87. The average molecular weight is 310 g/mol. The van der Waals surface area contributed by atoms with E-state index in [2.05, 4.69) is 21.2 Å². The van der Waals surface area contributed by atoms with Crippen molar-refractivity contribution in [2.75, 3.05) is 5.33 Å². The van der Waals surface area contributed by atoms with Gasteiger partial charge in [-0.05, 0) is 40.0 Å². The number of alkyl halides is 1. The average Bonchev–Trinajstić information content (AvgIpc) is 2.13. The van der Waals surface area contributed by atoms with Crippen LogP contribution in [0.15, 0.2) is 0 Å². The maximum atomic E-state index is 11.4. The lowest BCUT2D eigenvalue weighted by atomic mass is 10.1. The summed E-state index contributed by atoms with van der Waals surface area (Å²) in [5.41, 5.74) is -0.622. The minimum Gasteiger partial charge on any atom is -0.480 e. The van der Waals surface area contributed by atoms with E-state index >= 15 is 0 Å². The molecule has 17 heavy (non-hydrogen) atoms. The van der Waals surface area contributed by atoms with Crippen molar-refractivity contribution in [1.82, 2.24) is 5.32 Å². The molecule has 1 atom stereocenters. The van der Waals surface area contributed by atoms with Crippen LogP contribution in [0.4, 0.5) is 4.79 Å². The Kier molecular flexibility index (Phi) is 7.18. The number of aliphatic carboxylic acids is 1. The molecule has 0 aliphatic carbocycles. The summed E-state index contributed by atoms with van der Waals surface area (Å²) in [4.78, 5) is 22.3. The maximum Gasteiger partial charge on any atom is 0.408 e. The molecule has 6 heteroatoms. The van der Waals surface area contributed by atoms with Crippen molar-refractivity contribution in [2.24, 2.45) is 0 Å². The van der Waals surface area contributed by atoms with Crippen molar-refractivity contribution in [1.29, 1.82) is 0 Å². The molecule has 2 N–H and O–H groups in total. The van der Waals surface area contributed by atoms with Crippen LogP contribution in [0, 0.1) is 0 Å². The van der Waals surface area contributed by atoms with E-state index in [4.69, 9.17) is 9.84 Å². The fourth-order valence-electron chi connectivity index (χ4n) is 1.15. The number of carboxylic acids is 1. The van der Waals surface area contributed by atoms with Gasteiger partial charge in [-0.25, -0.2) is 9.59 Å². The molecule has 0 aromatic rings. The minimum atomic E-state index is -1.04. The lowest BCUT2D eigenvalue weighted by Crippen LogP contribution is -2.43. The van der Waals surface area contributed by atoms with Crippen LogP contribution < -0.4 is 5.32 Å². The van der Waals surface area contributed by atoms with Gasteiger partial charge in [0.05, 0.1) is 0 Å². The molecule has 0 bridgehead atoms. The highest BCUT2D eigenvalue weighted by molar-refractivity contribution is 9.09. The Morgan fingerprint density at radius 1 is 1.35 bits per heavy atom. The predicted octanol–water partition coefficient (Wildman–Crippen LogP) is 2.53. The molecular formula is C11H20BrNO4. The van der Waals surface area contributed by atoms with Gasteiger partial charge in [-0.2, -0.15) is 0 Å². The molecule has 0 radical (unpaired) electrons. The minimum absolute atomic E-state index is 0.403. The highest BCUT2D eigenvalue weighted by Gasteiger charge is 2.23. The highest BCUT2D eigenvalue weighted by Crippen LogP contribution is 2.08. The largest absolute Gasteiger partial charge is 0.480 e. The fourth-order valence-corrected chi connectivity index (χ4v) is 1.55. The molecule has 0 aliphatic heterocycles. The molecule has 0 saturated heterocycles. The zero-order valence-electron chi connectivity index (χ0n) is 10.5. The van der Waals surface area contributed by atoms with E-state index in [0.717, 1.165) is 18.2 Å². The first-order valence-corrected chi connectivity index (χ1v) is 6.66. The Balaban J connectivity index is 4.16. The Hall–Kier alpha value is -0.780. The van der Waals surface area contributed by atoms with Gasteiger partial charge in [0.25, 0.3) is 0 Å². The number of hydrogen-bond acceptors (Lipinski definition) is 3. The lowest BCUT2D eigenvalue weighted by Gasteiger charge is -2.21. The first-order valence-electron chi connectivity index (χ1n) is 5.54. The van der Waals surface area contributed by atoms with Gasteiger partial charge < -0.3 is 15.2 Å². The van der Waals surface area contributed by atoms with Gasteiger partial charge in [-0.1, -0.05) is 15.9 Å². The first kappa shape index (κ1) is 16.2. The second-order valence-electron chi connectivity index (χ2n) is 4.72. The zero-order valence-corrected chi connectivity index (χ0v) is 12.0. The molecule has 100 valence electrons. The molecule has 0 aliphatic rings. The number of hydrogen-bond donors (Lipinski definition) is 2. The third kappa shape index (κ3) is 8.97. The van der Waals surface area contributed by atoms with Crippen molar-refractivity contribution >= 4 is 28.0 Å². The molecule has 0 heterocycles. The number of unbranched alkanes of at least 4 members (excludes halogenated alkanes) is 1. The molecule has 0 unspecified atom stereocenters. The van der Waals surface area contributed by atoms with Gasteiger partial charge >= 0.3 is 12.1 Å². The highest BCUT2D eigenvalue weighted by atomic mass is 79.9. The van der Waals surface area contributed by atoms with Gasteiger partial charge in [0.1, 0.15) is 11.6 Å². The van der Waals surface area contributed by atoms with E-state index < -0.39 is 23.7 Å². The summed E-state index contributed by atoms with van der Waals surface area (Å²) in [6.07, 6.45) is 1.32. The van der Waals surface area contributed by atoms with Crippen LogP contribution in [-0.2, 0) is 9.53 Å². The van der Waals surface area contributed by atoms with Crippen LogP contribution in [-0.4, -0.2) is 34.1 Å². The maximum absolute atomic E-state index is 11.4. The summed E-state index contributed by atoms with van der Waals surface area (Å²) in [6, 6.07) is -0.885. The van der Waals surface area contributed by atoms with Crippen LogP contribution in [0.5, 0.6) is 0 Å². The van der Waals surface area contributed by atoms with E-state index in [9.17, 15) is 9.59 Å². The first-order chi connectivity index (χ1) is 7.76. The fraction of sp³-hybridized carbons (Fsp3) is 0.818. The molecule has 0 saturated carbocycles. The normalized spacial score (nSPS) is 12.9. The molecule has 1 amide bonds. The number of halogens is 1. The van der Waals surface area contributed by atoms with E-state index in [0.29, 0.717) is 6.42 Å². The molecule has 0 spiro atoms. The van der Waals surface area contributed by atoms with Crippen molar-refractivity contribution in [3.63, 3.8) is 0 Å². The van der Waals surface area contributed by atoms with Crippen molar-refractivity contribution < 1.29 is 19.4 Å². The molecule has 0 aromatic carbocycles. The van der Waals surface area contributed by atoms with Crippen molar-refractivity contribution in [3.8, 4) is 0 Å². The van der Waals surface area contributed by atoms with Crippen LogP contribution in [0.3, 0.4) is 0 Å². The summed E-state index contributed by atoms with van der Waals surface area (Å²) in [5.74, 6) is -1.04. The Bertz CT molecular complexity index is 263. The van der Waals surface area contributed by atoms with Gasteiger partial charge in [-0.15, -0.1) is 0 Å². The number of rotatable bonds is 6. The summed E-state index contributed by atoms with van der Waals surface area (Å²) in [6.45, 7) is 5.19. The quantitative estimate of drug-likeness (QED) is 0.584. The lowest BCUT2D eigenvalue weighted by molar-refractivity contribution is -0.139. The smallest absolute Gasteiger partial charge is 0.408 e. The Morgan fingerprint density at radius 2 is 1.94 bits per heavy atom. The molecule has 0 aromatic heterocycles. The molecule has 0 rings (SSSR count). The molecule has 5 nitrogen and oxygen atoms in total. The second kappa shape index (κ2) is 7.53. The Morgan fingerprint density at radius 3 is 2.35 bits per heavy atom. The molecular weight excluding hydrogens is 290 g/mol. The summed E-state index contributed by atoms with van der Waals surface area (Å²) >= 11 is 3.27. The molecule has 0 fully saturated rings. The van der Waals surface area contributed by atoms with Crippen LogP contribution >= 0.6 is 15.9 Å². The third-order valence-corrected chi connectivity index (χ3v) is 2.43. The number of alkyl carbamates (subject to hydrolysis) is 1. The number of amides is 1. The summed E-state index contributed by atoms with van der Waals surface area (Å²) in [5, 5.41) is 12.1. The van der Waals surface area contributed by atoms with Gasteiger partial charge in [0.15, 0.2) is 0 Å². The van der Waals surface area contributed by atoms with Gasteiger partial charge in [0.2, 0.25) is 0 Å². The van der Waals surface area contributed by atoms with Crippen LogP contribution in [0.25, 0.3) is 0 Å².